The van der Waals surface area contributed by atoms with Gasteiger partial charge in [-0.15, -0.1) is 11.8 Å². The number of carbonyl (C=O) groups excluding carboxylic acids is 1. The highest BCUT2D eigenvalue weighted by atomic mass is 32.2. The van der Waals surface area contributed by atoms with Crippen molar-refractivity contribution in [3.8, 4) is 0 Å². The van der Waals surface area contributed by atoms with Gasteiger partial charge in [-0.05, 0) is 28.8 Å². The van der Waals surface area contributed by atoms with E-state index < -0.39 is 10.8 Å². The zero-order valence-corrected chi connectivity index (χ0v) is 18.5. The minimum Gasteiger partial charge on any atom is -0.325 e. The van der Waals surface area contributed by atoms with Crippen molar-refractivity contribution in [1.82, 2.24) is 0 Å². The van der Waals surface area contributed by atoms with Gasteiger partial charge in [0.25, 0.3) is 0 Å². The molecule has 1 atom stereocenters. The van der Waals surface area contributed by atoms with Gasteiger partial charge in [0, 0.05) is 11.4 Å². The second-order valence-corrected chi connectivity index (χ2v) is 8.79. The number of carbonyl (C=O) groups is 1. The van der Waals surface area contributed by atoms with Gasteiger partial charge >= 0.3 is 0 Å². The first kappa shape index (κ1) is 21.9. The van der Waals surface area contributed by atoms with E-state index in [1.807, 2.05) is 48.5 Å². The van der Waals surface area contributed by atoms with Crippen LogP contribution in [0.1, 0.15) is 16.7 Å². The molecule has 0 aliphatic rings. The van der Waals surface area contributed by atoms with E-state index >= 15 is 0 Å². The third-order valence-electron chi connectivity index (χ3n) is 5.40. The van der Waals surface area contributed by atoms with Gasteiger partial charge in [0.2, 0.25) is 5.91 Å². The second-order valence-electron chi connectivity index (χ2n) is 7.55. The fourth-order valence-corrected chi connectivity index (χ4v) is 5.30. The molecule has 1 amide bonds. The molecule has 0 heterocycles. The quantitative estimate of drug-likeness (QED) is 0.348. The summed E-state index contributed by atoms with van der Waals surface area (Å²) < 4.78 is -0.492. The highest BCUT2D eigenvalue weighted by Gasteiger charge is 2.37. The molecule has 0 radical (unpaired) electrons. The molecule has 32 heavy (non-hydrogen) atoms. The molecule has 4 heteroatoms. The van der Waals surface area contributed by atoms with Gasteiger partial charge < -0.3 is 11.1 Å². The van der Waals surface area contributed by atoms with Crippen LogP contribution < -0.4 is 11.1 Å². The van der Waals surface area contributed by atoms with Crippen LogP contribution in [0.15, 0.2) is 121 Å². The van der Waals surface area contributed by atoms with Crippen LogP contribution >= 0.6 is 11.8 Å². The van der Waals surface area contributed by atoms with Gasteiger partial charge in [-0.2, -0.15) is 0 Å². The van der Waals surface area contributed by atoms with E-state index in [9.17, 15) is 4.79 Å². The summed E-state index contributed by atoms with van der Waals surface area (Å²) in [6.07, 6.45) is 0. The van der Waals surface area contributed by atoms with Gasteiger partial charge in [0.05, 0.1) is 10.8 Å². The van der Waals surface area contributed by atoms with Crippen LogP contribution in [0.4, 0.5) is 5.69 Å². The van der Waals surface area contributed by atoms with Crippen LogP contribution in [-0.2, 0) is 9.54 Å². The Morgan fingerprint density at radius 3 is 1.47 bits per heavy atom. The van der Waals surface area contributed by atoms with E-state index in [1.165, 1.54) is 0 Å². The van der Waals surface area contributed by atoms with Crippen molar-refractivity contribution in [2.24, 2.45) is 5.73 Å². The second kappa shape index (κ2) is 10.3. The van der Waals surface area contributed by atoms with Gasteiger partial charge in [-0.3, -0.25) is 4.79 Å². The number of thioether (sulfide) groups is 1. The fourth-order valence-electron chi connectivity index (χ4n) is 3.82. The van der Waals surface area contributed by atoms with Crippen LogP contribution in [-0.4, -0.2) is 17.7 Å². The topological polar surface area (TPSA) is 55.1 Å². The summed E-state index contributed by atoms with van der Waals surface area (Å²) in [6.45, 7) is 0. The Balaban J connectivity index is 1.69. The molecule has 0 aromatic heterocycles. The maximum Gasteiger partial charge on any atom is 0.242 e. The number of amides is 1. The van der Waals surface area contributed by atoms with Crippen molar-refractivity contribution >= 4 is 23.4 Å². The van der Waals surface area contributed by atoms with Crippen molar-refractivity contribution in [2.75, 3.05) is 11.1 Å². The first-order valence-corrected chi connectivity index (χ1v) is 11.6. The molecule has 0 unspecified atom stereocenters. The first-order chi connectivity index (χ1) is 15.7. The zero-order chi connectivity index (χ0) is 22.2. The fraction of sp³-hybridized carbons (Fsp3) is 0.107. The summed E-state index contributed by atoms with van der Waals surface area (Å²) in [5.74, 6) is 0.268. The first-order valence-electron chi connectivity index (χ1n) is 10.6. The van der Waals surface area contributed by atoms with Crippen molar-refractivity contribution in [3.05, 3.63) is 138 Å². The molecule has 0 bridgehead atoms. The lowest BCUT2D eigenvalue weighted by molar-refractivity contribution is -0.116. The van der Waals surface area contributed by atoms with Crippen LogP contribution in [0.2, 0.25) is 0 Å². The maximum atomic E-state index is 12.8. The molecule has 4 aromatic carbocycles. The predicted molar refractivity (Wildman–Crippen MR) is 135 cm³/mol. The molecular formula is C28H26N2OS. The SMILES string of the molecule is N[C@@H](CSC(c1ccccc1)(c1ccccc1)c1ccccc1)C(=O)Nc1ccccc1. The van der Waals surface area contributed by atoms with Gasteiger partial charge in [0.15, 0.2) is 0 Å². The number of anilines is 1. The Kier molecular flexibility index (Phi) is 7.05. The standard InChI is InChI=1S/C28H26N2OS/c29-26(27(31)30-25-19-11-4-12-20-25)21-32-28(22-13-5-1-6-14-22,23-15-7-2-8-16-23)24-17-9-3-10-18-24/h1-20,26H,21,29H2,(H,30,31)/t26-/m0/s1. The van der Waals surface area contributed by atoms with Crippen LogP contribution in [0.3, 0.4) is 0 Å². The average Bonchev–Trinajstić information content (AvgIpc) is 2.87. The highest BCUT2D eigenvalue weighted by molar-refractivity contribution is 8.00. The third-order valence-corrected chi connectivity index (χ3v) is 7.06. The van der Waals surface area contributed by atoms with Crippen LogP contribution in [0.25, 0.3) is 0 Å². The predicted octanol–water partition coefficient (Wildman–Crippen LogP) is 5.68. The lowest BCUT2D eigenvalue weighted by atomic mass is 9.84. The third kappa shape index (κ3) is 4.77. The smallest absolute Gasteiger partial charge is 0.242 e. The number of hydrogen-bond acceptors (Lipinski definition) is 3. The minimum absolute atomic E-state index is 0.188. The summed E-state index contributed by atoms with van der Waals surface area (Å²) in [7, 11) is 0. The lowest BCUT2D eigenvalue weighted by Crippen LogP contribution is -2.39. The molecule has 0 aliphatic carbocycles. The maximum absolute atomic E-state index is 12.8. The number of benzene rings is 4. The Bertz CT molecular complexity index is 1020. The molecule has 3 nitrogen and oxygen atoms in total. The van der Waals surface area contributed by atoms with Crippen molar-refractivity contribution in [2.45, 2.75) is 10.8 Å². The summed E-state index contributed by atoms with van der Waals surface area (Å²) in [5, 5.41) is 2.92. The number of nitrogens with one attached hydrogen (secondary N) is 1. The van der Waals surface area contributed by atoms with E-state index in [2.05, 4.69) is 78.1 Å². The number of rotatable bonds is 8. The Morgan fingerprint density at radius 1 is 0.688 bits per heavy atom. The van der Waals surface area contributed by atoms with Gasteiger partial charge in [-0.25, -0.2) is 0 Å². The van der Waals surface area contributed by atoms with E-state index in [-0.39, 0.29) is 5.91 Å². The van der Waals surface area contributed by atoms with Crippen LogP contribution in [0, 0.1) is 0 Å². The van der Waals surface area contributed by atoms with Gasteiger partial charge in [-0.1, -0.05) is 109 Å². The van der Waals surface area contributed by atoms with Gasteiger partial charge in [0.1, 0.15) is 0 Å². The van der Waals surface area contributed by atoms with E-state index in [0.717, 1.165) is 22.4 Å². The molecule has 160 valence electrons. The molecular weight excluding hydrogens is 412 g/mol. The average molecular weight is 439 g/mol. The Morgan fingerprint density at radius 2 is 1.06 bits per heavy atom. The molecule has 3 N–H and O–H groups in total. The minimum atomic E-state index is -0.657. The lowest BCUT2D eigenvalue weighted by Gasteiger charge is -2.36. The molecule has 0 spiro atoms. The highest BCUT2D eigenvalue weighted by Crippen LogP contribution is 2.48. The number of nitrogens with two attached hydrogens (primary N) is 1. The summed E-state index contributed by atoms with van der Waals surface area (Å²) in [5.41, 5.74) is 10.6. The van der Waals surface area contributed by atoms with Crippen molar-refractivity contribution in [1.29, 1.82) is 0 Å². The van der Waals surface area contributed by atoms with E-state index in [4.69, 9.17) is 5.73 Å². The van der Waals surface area contributed by atoms with E-state index in [1.54, 1.807) is 11.8 Å². The zero-order valence-electron chi connectivity index (χ0n) is 17.7. The summed E-state index contributed by atoms with van der Waals surface area (Å²) >= 11 is 1.69. The number of hydrogen-bond donors (Lipinski definition) is 2. The molecule has 0 saturated carbocycles. The Hall–Kier alpha value is -3.34. The molecule has 0 saturated heterocycles. The van der Waals surface area contributed by atoms with Crippen molar-refractivity contribution in [3.63, 3.8) is 0 Å². The van der Waals surface area contributed by atoms with Crippen LogP contribution in [0.5, 0.6) is 0 Å². The number of para-hydroxylation sites is 1. The Labute approximate surface area is 193 Å². The molecule has 4 rings (SSSR count). The molecule has 0 aliphatic heterocycles. The summed E-state index contributed by atoms with van der Waals surface area (Å²) in [4.78, 5) is 12.8. The monoisotopic (exact) mass is 438 g/mol. The summed E-state index contributed by atoms with van der Waals surface area (Å²) in [6, 6.07) is 40.0. The molecule has 4 aromatic rings. The molecule has 0 fully saturated rings. The largest absolute Gasteiger partial charge is 0.325 e. The normalized spacial score (nSPS) is 12.2. The van der Waals surface area contributed by atoms with Crippen molar-refractivity contribution < 1.29 is 4.79 Å². The van der Waals surface area contributed by atoms with E-state index in [0.29, 0.717) is 5.75 Å².